The predicted molar refractivity (Wildman–Crippen MR) is 41.8 cm³/mol. The molecule has 2 N–H and O–H groups in total. The van der Waals surface area contributed by atoms with Crippen LogP contribution in [0.4, 0.5) is 0 Å². The number of rotatable bonds is 2. The molecule has 0 aromatic rings. The molecule has 1 rings (SSSR count). The first-order valence-corrected chi connectivity index (χ1v) is 3.84. The van der Waals surface area contributed by atoms with Gasteiger partial charge in [0.2, 0.25) is 0 Å². The third-order valence-corrected chi connectivity index (χ3v) is 1.92. The van der Waals surface area contributed by atoms with Crippen LogP contribution in [0.5, 0.6) is 0 Å². The fourth-order valence-corrected chi connectivity index (χ4v) is 1.22. The van der Waals surface area contributed by atoms with Crippen molar-refractivity contribution in [1.82, 2.24) is 0 Å². The molecule has 0 amide bonds. The summed E-state index contributed by atoms with van der Waals surface area (Å²) in [5.74, 6) is 0. The van der Waals surface area contributed by atoms with Crippen molar-refractivity contribution in [3.63, 3.8) is 0 Å². The van der Waals surface area contributed by atoms with Gasteiger partial charge in [-0.05, 0) is 19.3 Å². The summed E-state index contributed by atoms with van der Waals surface area (Å²) in [6.45, 7) is 4.50. The van der Waals surface area contributed by atoms with Crippen LogP contribution in [0.1, 0.15) is 19.3 Å². The number of hydrogen-bond donors (Lipinski definition) is 1. The van der Waals surface area contributed by atoms with Crippen LogP contribution in [0, 0.1) is 0 Å². The molecule has 2 heteroatoms. The van der Waals surface area contributed by atoms with E-state index in [0.29, 0.717) is 0 Å². The summed E-state index contributed by atoms with van der Waals surface area (Å²) in [5, 5.41) is 0. The lowest BCUT2D eigenvalue weighted by Gasteiger charge is -2.25. The van der Waals surface area contributed by atoms with Crippen molar-refractivity contribution < 1.29 is 4.74 Å². The lowest BCUT2D eigenvalue weighted by atomic mass is 10.0. The van der Waals surface area contributed by atoms with Crippen molar-refractivity contribution in [2.24, 2.45) is 5.73 Å². The molecule has 1 heterocycles. The summed E-state index contributed by atoms with van der Waals surface area (Å²) in [5.41, 5.74) is 5.70. The van der Waals surface area contributed by atoms with Gasteiger partial charge in [-0.1, -0.05) is 6.08 Å². The van der Waals surface area contributed by atoms with E-state index in [1.807, 2.05) is 0 Å². The largest absolute Gasteiger partial charge is 0.376 e. The molecule has 0 aromatic heterocycles. The molecule has 0 saturated carbocycles. The van der Waals surface area contributed by atoms with Crippen LogP contribution in [-0.4, -0.2) is 18.8 Å². The molecule has 2 atom stereocenters. The molecule has 1 aliphatic heterocycles. The monoisotopic (exact) mass is 141 g/mol. The molecule has 0 radical (unpaired) electrons. The van der Waals surface area contributed by atoms with Gasteiger partial charge in [0.25, 0.3) is 0 Å². The molecular weight excluding hydrogens is 126 g/mol. The molecule has 0 spiro atoms. The Morgan fingerprint density at radius 1 is 1.60 bits per heavy atom. The van der Waals surface area contributed by atoms with E-state index in [0.717, 1.165) is 13.0 Å². The zero-order valence-electron chi connectivity index (χ0n) is 6.25. The van der Waals surface area contributed by atoms with Gasteiger partial charge in [-0.25, -0.2) is 0 Å². The van der Waals surface area contributed by atoms with E-state index in [1.165, 1.54) is 12.8 Å². The van der Waals surface area contributed by atoms with Crippen molar-refractivity contribution in [3.8, 4) is 0 Å². The lowest BCUT2D eigenvalue weighted by Crippen LogP contribution is -2.37. The fourth-order valence-electron chi connectivity index (χ4n) is 1.22. The van der Waals surface area contributed by atoms with Crippen molar-refractivity contribution in [2.75, 3.05) is 6.61 Å². The first kappa shape index (κ1) is 7.76. The van der Waals surface area contributed by atoms with Crippen LogP contribution >= 0.6 is 0 Å². The van der Waals surface area contributed by atoms with E-state index in [9.17, 15) is 0 Å². The van der Waals surface area contributed by atoms with E-state index in [1.54, 1.807) is 6.08 Å². The van der Waals surface area contributed by atoms with Crippen LogP contribution in [0.2, 0.25) is 0 Å². The van der Waals surface area contributed by atoms with E-state index in [2.05, 4.69) is 6.58 Å². The van der Waals surface area contributed by atoms with Gasteiger partial charge >= 0.3 is 0 Å². The molecule has 0 bridgehead atoms. The number of hydrogen-bond acceptors (Lipinski definition) is 2. The summed E-state index contributed by atoms with van der Waals surface area (Å²) >= 11 is 0. The summed E-state index contributed by atoms with van der Waals surface area (Å²) in [7, 11) is 0. The van der Waals surface area contributed by atoms with Gasteiger partial charge in [0.15, 0.2) is 0 Å². The summed E-state index contributed by atoms with van der Waals surface area (Å²) in [4.78, 5) is 0. The molecule has 0 aliphatic carbocycles. The van der Waals surface area contributed by atoms with Crippen LogP contribution in [0.3, 0.4) is 0 Å². The first-order chi connectivity index (χ1) is 4.84. The zero-order valence-corrected chi connectivity index (χ0v) is 6.25. The highest BCUT2D eigenvalue weighted by molar-refractivity contribution is 4.90. The van der Waals surface area contributed by atoms with Gasteiger partial charge in [0.1, 0.15) is 0 Å². The Kier molecular flexibility index (Phi) is 2.90. The Bertz CT molecular complexity index is 108. The molecule has 2 nitrogen and oxygen atoms in total. The minimum Gasteiger partial charge on any atom is -0.376 e. The molecule has 2 unspecified atom stereocenters. The highest BCUT2D eigenvalue weighted by Crippen LogP contribution is 2.14. The molecule has 1 fully saturated rings. The molecule has 1 aliphatic rings. The predicted octanol–water partition coefficient (Wildman–Crippen LogP) is 1.07. The minimum atomic E-state index is 0.0281. The Morgan fingerprint density at radius 3 is 2.90 bits per heavy atom. The number of ether oxygens (including phenoxy) is 1. The quantitative estimate of drug-likeness (QED) is 0.584. The Labute approximate surface area is 62.1 Å². The normalized spacial score (nSPS) is 29.5. The second kappa shape index (κ2) is 3.74. The maximum Gasteiger partial charge on any atom is 0.0761 e. The van der Waals surface area contributed by atoms with E-state index in [-0.39, 0.29) is 12.1 Å². The van der Waals surface area contributed by atoms with Crippen molar-refractivity contribution in [2.45, 2.75) is 31.4 Å². The SMILES string of the molecule is C=CC(N)C1CCCCO1. The van der Waals surface area contributed by atoms with Gasteiger partial charge in [-0.2, -0.15) is 0 Å². The van der Waals surface area contributed by atoms with Gasteiger partial charge in [0.05, 0.1) is 6.10 Å². The highest BCUT2D eigenvalue weighted by Gasteiger charge is 2.18. The topological polar surface area (TPSA) is 35.2 Å². The van der Waals surface area contributed by atoms with Gasteiger partial charge in [-0.3, -0.25) is 0 Å². The average Bonchev–Trinajstić information content (AvgIpc) is 2.05. The smallest absolute Gasteiger partial charge is 0.0761 e. The van der Waals surface area contributed by atoms with Crippen LogP contribution in [0.15, 0.2) is 12.7 Å². The average molecular weight is 141 g/mol. The van der Waals surface area contributed by atoms with E-state index < -0.39 is 0 Å². The van der Waals surface area contributed by atoms with Gasteiger partial charge < -0.3 is 10.5 Å². The Hall–Kier alpha value is -0.340. The van der Waals surface area contributed by atoms with Gasteiger partial charge in [-0.15, -0.1) is 6.58 Å². The van der Waals surface area contributed by atoms with Crippen molar-refractivity contribution in [3.05, 3.63) is 12.7 Å². The Morgan fingerprint density at radius 2 is 2.40 bits per heavy atom. The Balaban J connectivity index is 2.30. The molecular formula is C8H15NO. The minimum absolute atomic E-state index is 0.0281. The zero-order chi connectivity index (χ0) is 7.40. The van der Waals surface area contributed by atoms with Crippen LogP contribution < -0.4 is 5.73 Å². The first-order valence-electron chi connectivity index (χ1n) is 3.84. The number of nitrogens with two attached hydrogens (primary N) is 1. The second-order valence-electron chi connectivity index (χ2n) is 2.72. The second-order valence-corrected chi connectivity index (χ2v) is 2.72. The molecule has 0 aromatic carbocycles. The van der Waals surface area contributed by atoms with E-state index >= 15 is 0 Å². The summed E-state index contributed by atoms with van der Waals surface area (Å²) < 4.78 is 5.43. The lowest BCUT2D eigenvalue weighted by molar-refractivity contribution is 0.00920. The molecule has 1 saturated heterocycles. The van der Waals surface area contributed by atoms with Crippen LogP contribution in [0.25, 0.3) is 0 Å². The fraction of sp³-hybridized carbons (Fsp3) is 0.750. The summed E-state index contributed by atoms with van der Waals surface area (Å²) in [6, 6.07) is 0.0281. The van der Waals surface area contributed by atoms with Gasteiger partial charge in [0, 0.05) is 12.6 Å². The molecule has 10 heavy (non-hydrogen) atoms. The third-order valence-electron chi connectivity index (χ3n) is 1.92. The summed E-state index contributed by atoms with van der Waals surface area (Å²) in [6.07, 6.45) is 5.50. The maximum absolute atomic E-state index is 5.70. The maximum atomic E-state index is 5.70. The van der Waals surface area contributed by atoms with Crippen molar-refractivity contribution >= 4 is 0 Å². The standard InChI is InChI=1S/C8H15NO/c1-2-7(9)8-5-3-4-6-10-8/h2,7-8H,1,3-6,9H2. The molecule has 58 valence electrons. The highest BCUT2D eigenvalue weighted by atomic mass is 16.5. The third kappa shape index (κ3) is 1.82. The van der Waals surface area contributed by atoms with Crippen molar-refractivity contribution in [1.29, 1.82) is 0 Å². The van der Waals surface area contributed by atoms with E-state index in [4.69, 9.17) is 10.5 Å². The van der Waals surface area contributed by atoms with Crippen LogP contribution in [-0.2, 0) is 4.74 Å².